The summed E-state index contributed by atoms with van der Waals surface area (Å²) in [6.07, 6.45) is 0. The van der Waals surface area contributed by atoms with Gasteiger partial charge < -0.3 is 5.11 Å². The van der Waals surface area contributed by atoms with E-state index in [1.165, 1.54) is 0 Å². The van der Waals surface area contributed by atoms with Crippen molar-refractivity contribution in [2.24, 2.45) is 0 Å². The molecule has 0 fully saturated rings. The summed E-state index contributed by atoms with van der Waals surface area (Å²) < 4.78 is 0. The van der Waals surface area contributed by atoms with Gasteiger partial charge in [-0.1, -0.05) is 53.9 Å². The van der Waals surface area contributed by atoms with E-state index in [2.05, 4.69) is 11.8 Å². The van der Waals surface area contributed by atoms with Gasteiger partial charge in [0.15, 0.2) is 0 Å². The van der Waals surface area contributed by atoms with Crippen molar-refractivity contribution >= 4 is 34.8 Å². The van der Waals surface area contributed by atoms with Crippen molar-refractivity contribution < 1.29 is 5.11 Å². The minimum absolute atomic E-state index is 0.105. The highest BCUT2D eigenvalue weighted by molar-refractivity contribution is 6.42. The first-order chi connectivity index (χ1) is 9.99. The fraction of sp³-hybridized carbons (Fsp3) is 0.250. The molecule has 2 aromatic carbocycles. The quantitative estimate of drug-likeness (QED) is 0.787. The predicted molar refractivity (Wildman–Crippen MR) is 89.4 cm³/mol. The Balaban J connectivity index is 2.08. The van der Waals surface area contributed by atoms with E-state index in [0.717, 1.165) is 30.8 Å². The molecule has 0 radical (unpaired) electrons. The highest BCUT2D eigenvalue weighted by atomic mass is 35.5. The van der Waals surface area contributed by atoms with Gasteiger partial charge in [0.2, 0.25) is 0 Å². The maximum absolute atomic E-state index is 9.45. The lowest BCUT2D eigenvalue weighted by Crippen LogP contribution is -2.22. The second-order valence-electron chi connectivity index (χ2n) is 4.84. The molecule has 21 heavy (non-hydrogen) atoms. The van der Waals surface area contributed by atoms with Crippen molar-refractivity contribution in [2.45, 2.75) is 20.0 Å². The zero-order chi connectivity index (χ0) is 15.4. The Morgan fingerprint density at radius 3 is 1.95 bits per heavy atom. The highest BCUT2D eigenvalue weighted by Gasteiger charge is 2.08. The number of halogens is 3. The number of hydrogen-bond acceptors (Lipinski definition) is 2. The van der Waals surface area contributed by atoms with Gasteiger partial charge in [-0.05, 0) is 41.9 Å². The largest absolute Gasteiger partial charge is 0.506 e. The molecule has 2 nitrogen and oxygen atoms in total. The molecule has 0 saturated carbocycles. The van der Waals surface area contributed by atoms with Gasteiger partial charge in [-0.25, -0.2) is 0 Å². The van der Waals surface area contributed by atoms with Crippen molar-refractivity contribution in [3.63, 3.8) is 0 Å². The lowest BCUT2D eigenvalue weighted by Gasteiger charge is -2.21. The smallest absolute Gasteiger partial charge is 0.134 e. The van der Waals surface area contributed by atoms with Crippen LogP contribution in [-0.2, 0) is 13.1 Å². The molecule has 0 spiro atoms. The van der Waals surface area contributed by atoms with Crippen molar-refractivity contribution in [1.82, 2.24) is 4.90 Å². The number of rotatable bonds is 5. The van der Waals surface area contributed by atoms with E-state index in [0.29, 0.717) is 15.1 Å². The number of nitrogens with zero attached hydrogens (tertiary/aromatic N) is 1. The summed E-state index contributed by atoms with van der Waals surface area (Å²) in [6, 6.07) is 10.9. The van der Waals surface area contributed by atoms with Crippen LogP contribution in [0.15, 0.2) is 36.4 Å². The van der Waals surface area contributed by atoms with Crippen LogP contribution in [0, 0.1) is 0 Å². The third-order valence-corrected chi connectivity index (χ3v) is 4.30. The summed E-state index contributed by atoms with van der Waals surface area (Å²) in [5.74, 6) is 0.105. The van der Waals surface area contributed by atoms with Crippen LogP contribution in [-0.4, -0.2) is 16.6 Å². The molecule has 0 aromatic heterocycles. The zero-order valence-corrected chi connectivity index (χ0v) is 13.9. The Morgan fingerprint density at radius 1 is 0.857 bits per heavy atom. The van der Waals surface area contributed by atoms with Gasteiger partial charge >= 0.3 is 0 Å². The molecule has 0 atom stereocenters. The van der Waals surface area contributed by atoms with Crippen molar-refractivity contribution in [3.8, 4) is 5.75 Å². The average molecular weight is 345 g/mol. The summed E-state index contributed by atoms with van der Waals surface area (Å²) in [5.41, 5.74) is 2.16. The lowest BCUT2D eigenvalue weighted by molar-refractivity contribution is 0.271. The third-order valence-electron chi connectivity index (χ3n) is 3.26. The van der Waals surface area contributed by atoms with Gasteiger partial charge in [-0.15, -0.1) is 0 Å². The average Bonchev–Trinajstić information content (AvgIpc) is 2.46. The number of phenolic OH excluding ortho intramolecular Hbond substituents is 1. The van der Waals surface area contributed by atoms with Crippen molar-refractivity contribution in [2.75, 3.05) is 6.54 Å². The molecule has 0 unspecified atom stereocenters. The lowest BCUT2D eigenvalue weighted by atomic mass is 10.1. The van der Waals surface area contributed by atoms with Crippen molar-refractivity contribution in [1.29, 1.82) is 0 Å². The van der Waals surface area contributed by atoms with E-state index in [1.54, 1.807) is 12.1 Å². The van der Waals surface area contributed by atoms with E-state index in [4.69, 9.17) is 34.8 Å². The first-order valence-electron chi connectivity index (χ1n) is 6.63. The van der Waals surface area contributed by atoms with Crippen LogP contribution in [0.4, 0.5) is 0 Å². The molecule has 112 valence electrons. The van der Waals surface area contributed by atoms with Gasteiger partial charge in [-0.2, -0.15) is 0 Å². The van der Waals surface area contributed by atoms with Crippen LogP contribution in [0.2, 0.25) is 15.1 Å². The molecule has 0 heterocycles. The maximum atomic E-state index is 9.45. The van der Waals surface area contributed by atoms with Crippen LogP contribution in [0.3, 0.4) is 0 Å². The molecule has 0 bridgehead atoms. The molecule has 0 saturated heterocycles. The van der Waals surface area contributed by atoms with E-state index in [9.17, 15) is 5.11 Å². The Labute approximate surface area is 139 Å². The second-order valence-corrected chi connectivity index (χ2v) is 6.06. The monoisotopic (exact) mass is 343 g/mol. The minimum atomic E-state index is 0.105. The Bertz CT molecular complexity index is 577. The summed E-state index contributed by atoms with van der Waals surface area (Å²) >= 11 is 17.9. The predicted octanol–water partition coefficient (Wildman–Crippen LogP) is 5.37. The van der Waals surface area contributed by atoms with Crippen LogP contribution in [0.5, 0.6) is 5.75 Å². The fourth-order valence-corrected chi connectivity index (χ4v) is 2.61. The van der Waals surface area contributed by atoms with Crippen LogP contribution >= 0.6 is 34.8 Å². The molecular formula is C16H16Cl3NO. The molecular weight excluding hydrogens is 329 g/mol. The van der Waals surface area contributed by atoms with Crippen LogP contribution in [0.1, 0.15) is 18.1 Å². The minimum Gasteiger partial charge on any atom is -0.506 e. The standard InChI is InChI=1S/C16H16Cl3NO/c1-2-20(9-11-3-5-13(17)14(18)7-11)10-12-4-6-16(21)15(19)8-12/h3-8,21H,2,9-10H2,1H3. The van der Waals surface area contributed by atoms with E-state index >= 15 is 0 Å². The SMILES string of the molecule is CCN(Cc1ccc(O)c(Cl)c1)Cc1ccc(Cl)c(Cl)c1. The highest BCUT2D eigenvalue weighted by Crippen LogP contribution is 2.26. The van der Waals surface area contributed by atoms with Gasteiger partial charge in [0.05, 0.1) is 15.1 Å². The van der Waals surface area contributed by atoms with E-state index in [1.807, 2.05) is 24.3 Å². The summed E-state index contributed by atoms with van der Waals surface area (Å²) in [6.45, 7) is 4.50. The molecule has 2 aromatic rings. The molecule has 5 heteroatoms. The zero-order valence-electron chi connectivity index (χ0n) is 11.6. The molecule has 1 N–H and O–H groups in total. The number of aromatic hydroxyl groups is 1. The van der Waals surface area contributed by atoms with Gasteiger partial charge in [-0.3, -0.25) is 4.90 Å². The number of benzene rings is 2. The topological polar surface area (TPSA) is 23.5 Å². The molecule has 0 aliphatic rings. The Morgan fingerprint density at radius 2 is 1.43 bits per heavy atom. The normalized spacial score (nSPS) is 11.1. The van der Waals surface area contributed by atoms with Gasteiger partial charge in [0.1, 0.15) is 5.75 Å². The van der Waals surface area contributed by atoms with Crippen molar-refractivity contribution in [3.05, 3.63) is 62.6 Å². The summed E-state index contributed by atoms with van der Waals surface area (Å²) in [5, 5.41) is 11.0. The maximum Gasteiger partial charge on any atom is 0.134 e. The number of hydrogen-bond donors (Lipinski definition) is 1. The first kappa shape index (κ1) is 16.4. The Hall–Kier alpha value is -0.930. The van der Waals surface area contributed by atoms with E-state index in [-0.39, 0.29) is 5.75 Å². The second kappa shape index (κ2) is 7.37. The fourth-order valence-electron chi connectivity index (χ4n) is 2.08. The van der Waals surface area contributed by atoms with Crippen LogP contribution < -0.4 is 0 Å². The van der Waals surface area contributed by atoms with Crippen LogP contribution in [0.25, 0.3) is 0 Å². The molecule has 0 aliphatic carbocycles. The first-order valence-corrected chi connectivity index (χ1v) is 7.76. The molecule has 0 amide bonds. The third kappa shape index (κ3) is 4.52. The summed E-state index contributed by atoms with van der Waals surface area (Å²) in [4.78, 5) is 2.25. The number of phenols is 1. The Kier molecular flexibility index (Phi) is 5.77. The summed E-state index contributed by atoms with van der Waals surface area (Å²) in [7, 11) is 0. The van der Waals surface area contributed by atoms with Gasteiger partial charge in [0.25, 0.3) is 0 Å². The van der Waals surface area contributed by atoms with E-state index < -0.39 is 0 Å². The molecule has 2 rings (SSSR count). The van der Waals surface area contributed by atoms with Gasteiger partial charge in [0, 0.05) is 13.1 Å². The molecule has 0 aliphatic heterocycles.